The van der Waals surface area contributed by atoms with E-state index in [-0.39, 0.29) is 0 Å². The van der Waals surface area contributed by atoms with E-state index < -0.39 is 17.7 Å². The van der Waals surface area contributed by atoms with Crippen LogP contribution >= 0.6 is 0 Å². The minimum absolute atomic E-state index is 0.339. The summed E-state index contributed by atoms with van der Waals surface area (Å²) in [5.41, 5.74) is 2.69. The highest BCUT2D eigenvalue weighted by atomic mass is 16.5. The fourth-order valence-electron chi connectivity index (χ4n) is 4.25. The molecule has 0 heterocycles. The molecule has 0 aromatic heterocycles. The van der Waals surface area contributed by atoms with Gasteiger partial charge in [-0.25, -0.2) is 4.79 Å². The molecule has 182 valence electrons. The molecule has 0 saturated heterocycles. The molecule has 0 aliphatic rings. The molecule has 4 aromatic rings. The van der Waals surface area contributed by atoms with Crippen molar-refractivity contribution in [1.29, 1.82) is 0 Å². The fraction of sp³-hybridized carbons (Fsp3) is 0.156. The Bertz CT molecular complexity index is 1140. The molecule has 4 heteroatoms. The van der Waals surface area contributed by atoms with Crippen molar-refractivity contribution in [3.63, 3.8) is 0 Å². The average Bonchev–Trinajstić information content (AvgIpc) is 2.96. The molecule has 0 unspecified atom stereocenters. The van der Waals surface area contributed by atoms with Crippen molar-refractivity contribution in [2.24, 2.45) is 0 Å². The van der Waals surface area contributed by atoms with Crippen LogP contribution in [0.4, 0.5) is 0 Å². The largest absolute Gasteiger partial charge is 0.497 e. The Balaban J connectivity index is 1.57. The van der Waals surface area contributed by atoms with Gasteiger partial charge in [-0.3, -0.25) is 0 Å². The van der Waals surface area contributed by atoms with E-state index in [9.17, 15) is 4.79 Å². The topological polar surface area (TPSA) is 44.8 Å². The summed E-state index contributed by atoms with van der Waals surface area (Å²) in [4.78, 5) is 12.7. The van der Waals surface area contributed by atoms with Crippen molar-refractivity contribution in [3.05, 3.63) is 150 Å². The van der Waals surface area contributed by atoms with E-state index in [1.54, 1.807) is 37.5 Å². The molecule has 36 heavy (non-hydrogen) atoms. The van der Waals surface area contributed by atoms with E-state index in [4.69, 9.17) is 14.2 Å². The molecule has 1 atom stereocenters. The molecular weight excluding hydrogens is 448 g/mol. The first-order valence-corrected chi connectivity index (χ1v) is 12.0. The lowest BCUT2D eigenvalue weighted by Gasteiger charge is -2.36. The van der Waals surface area contributed by atoms with Crippen LogP contribution < -0.4 is 4.74 Å². The van der Waals surface area contributed by atoms with Gasteiger partial charge in [-0.15, -0.1) is 0 Å². The van der Waals surface area contributed by atoms with Crippen LogP contribution in [0.5, 0.6) is 5.75 Å². The number of carbonyl (C=O) groups excluding carboxylic acids is 1. The minimum atomic E-state index is -0.824. The number of esters is 1. The van der Waals surface area contributed by atoms with Gasteiger partial charge < -0.3 is 14.2 Å². The highest BCUT2D eigenvalue weighted by molar-refractivity contribution is 5.89. The molecule has 0 spiro atoms. The van der Waals surface area contributed by atoms with Crippen molar-refractivity contribution < 1.29 is 19.0 Å². The molecule has 0 fully saturated rings. The van der Waals surface area contributed by atoms with Gasteiger partial charge in [0.2, 0.25) is 0 Å². The number of benzene rings is 4. The second kappa shape index (κ2) is 12.0. The Morgan fingerprint density at radius 2 is 1.25 bits per heavy atom. The van der Waals surface area contributed by atoms with E-state index in [1.165, 1.54) is 0 Å². The summed E-state index contributed by atoms with van der Waals surface area (Å²) in [6, 6.07) is 37.4. The summed E-state index contributed by atoms with van der Waals surface area (Å²) in [6.45, 7) is 4.21. The molecule has 0 saturated carbocycles. The Morgan fingerprint density at radius 3 is 1.67 bits per heavy atom. The lowest BCUT2D eigenvalue weighted by atomic mass is 9.80. The first-order valence-electron chi connectivity index (χ1n) is 12.0. The summed E-state index contributed by atoms with van der Waals surface area (Å²) < 4.78 is 17.7. The normalized spacial score (nSPS) is 11.9. The summed E-state index contributed by atoms with van der Waals surface area (Å²) in [6.07, 6.45) is 1.60. The highest BCUT2D eigenvalue weighted by Gasteiger charge is 2.37. The number of methoxy groups -OCH3 is 1. The summed E-state index contributed by atoms with van der Waals surface area (Å²) >= 11 is 0. The number of hydrogen-bond donors (Lipinski definition) is 0. The lowest BCUT2D eigenvalue weighted by Crippen LogP contribution is -2.34. The second-order valence-corrected chi connectivity index (χ2v) is 8.32. The third-order valence-electron chi connectivity index (χ3n) is 6.11. The van der Waals surface area contributed by atoms with E-state index in [2.05, 4.69) is 43.0 Å². The van der Waals surface area contributed by atoms with Gasteiger partial charge in [-0.2, -0.15) is 0 Å². The molecule has 4 nitrogen and oxygen atoms in total. The molecule has 4 rings (SSSR count). The molecule has 0 aliphatic heterocycles. The highest BCUT2D eigenvalue weighted by Crippen LogP contribution is 2.40. The maximum absolute atomic E-state index is 12.7. The smallest absolute Gasteiger partial charge is 0.338 e. The Kier molecular flexibility index (Phi) is 8.32. The fourth-order valence-corrected chi connectivity index (χ4v) is 4.25. The van der Waals surface area contributed by atoms with Gasteiger partial charge in [-0.1, -0.05) is 104 Å². The summed E-state index contributed by atoms with van der Waals surface area (Å²) in [7, 11) is 1.58. The van der Waals surface area contributed by atoms with Gasteiger partial charge in [-0.05, 0) is 41.0 Å². The van der Waals surface area contributed by atoms with E-state index in [0.717, 1.165) is 16.7 Å². The first kappa shape index (κ1) is 25.0. The molecular formula is C32H30O4. The quantitative estimate of drug-likeness (QED) is 0.135. The zero-order chi connectivity index (χ0) is 25.2. The van der Waals surface area contributed by atoms with Gasteiger partial charge >= 0.3 is 5.97 Å². The van der Waals surface area contributed by atoms with Crippen LogP contribution in [0.3, 0.4) is 0 Å². The SMILES string of the molecule is C=C[C@H](CCOC(c1ccccc1)(c1ccccc1)c1ccccc1)OC(=O)c1ccc(OC)cc1. The van der Waals surface area contributed by atoms with Crippen molar-refractivity contribution >= 4 is 5.97 Å². The van der Waals surface area contributed by atoms with Crippen LogP contribution in [0.1, 0.15) is 33.5 Å². The van der Waals surface area contributed by atoms with Gasteiger partial charge in [0.15, 0.2) is 0 Å². The standard InChI is InChI=1S/C32H30O4/c1-3-29(36-31(33)25-19-21-30(34-2)22-20-25)23-24-35-32(26-13-7-4-8-14-26,27-15-9-5-10-16-27)28-17-11-6-12-18-28/h3-22,29H,1,23-24H2,2H3/t29-/m1/s1. The molecule has 0 aliphatic carbocycles. The Hall–Kier alpha value is -4.15. The monoisotopic (exact) mass is 478 g/mol. The molecule has 0 amide bonds. The van der Waals surface area contributed by atoms with Crippen LogP contribution in [0.15, 0.2) is 128 Å². The van der Waals surface area contributed by atoms with Crippen molar-refractivity contribution in [1.82, 2.24) is 0 Å². The zero-order valence-electron chi connectivity index (χ0n) is 20.4. The number of ether oxygens (including phenoxy) is 3. The average molecular weight is 479 g/mol. The van der Waals surface area contributed by atoms with Crippen molar-refractivity contribution in [2.75, 3.05) is 13.7 Å². The van der Waals surface area contributed by atoms with Gasteiger partial charge in [0.05, 0.1) is 19.3 Å². The van der Waals surface area contributed by atoms with Crippen LogP contribution in [0.2, 0.25) is 0 Å². The van der Waals surface area contributed by atoms with Crippen LogP contribution in [0.25, 0.3) is 0 Å². The molecule has 4 aromatic carbocycles. The van der Waals surface area contributed by atoms with E-state index in [0.29, 0.717) is 24.3 Å². The third kappa shape index (κ3) is 5.56. The second-order valence-electron chi connectivity index (χ2n) is 8.32. The number of hydrogen-bond acceptors (Lipinski definition) is 4. The van der Waals surface area contributed by atoms with Gasteiger partial charge in [0, 0.05) is 6.42 Å². The number of carbonyl (C=O) groups is 1. The molecule has 0 radical (unpaired) electrons. The predicted molar refractivity (Wildman–Crippen MR) is 142 cm³/mol. The molecule has 0 bridgehead atoms. The summed E-state index contributed by atoms with van der Waals surface area (Å²) in [5, 5.41) is 0. The minimum Gasteiger partial charge on any atom is -0.497 e. The van der Waals surface area contributed by atoms with Crippen LogP contribution in [-0.4, -0.2) is 25.8 Å². The zero-order valence-corrected chi connectivity index (χ0v) is 20.4. The van der Waals surface area contributed by atoms with Crippen LogP contribution in [-0.2, 0) is 15.1 Å². The van der Waals surface area contributed by atoms with Crippen molar-refractivity contribution in [2.45, 2.75) is 18.1 Å². The Morgan fingerprint density at radius 1 is 0.778 bits per heavy atom. The molecule has 0 N–H and O–H groups in total. The third-order valence-corrected chi connectivity index (χ3v) is 6.11. The van der Waals surface area contributed by atoms with Gasteiger partial charge in [0.1, 0.15) is 17.5 Å². The van der Waals surface area contributed by atoms with Crippen LogP contribution in [0, 0.1) is 0 Å². The maximum atomic E-state index is 12.7. The predicted octanol–water partition coefficient (Wildman–Crippen LogP) is 6.81. The maximum Gasteiger partial charge on any atom is 0.338 e. The van der Waals surface area contributed by atoms with E-state index >= 15 is 0 Å². The summed E-state index contributed by atoms with van der Waals surface area (Å²) in [5.74, 6) is 0.266. The first-order chi connectivity index (χ1) is 17.7. The van der Waals surface area contributed by atoms with E-state index in [1.807, 2.05) is 54.6 Å². The lowest BCUT2D eigenvalue weighted by molar-refractivity contribution is -0.00781. The Labute approximate surface area is 212 Å². The van der Waals surface area contributed by atoms with Crippen molar-refractivity contribution in [3.8, 4) is 5.75 Å². The van der Waals surface area contributed by atoms with Gasteiger partial charge in [0.25, 0.3) is 0 Å². The number of rotatable bonds is 11.